The Morgan fingerprint density at radius 3 is 1.04 bits per heavy atom. The van der Waals surface area contributed by atoms with Crippen LogP contribution in [0.2, 0.25) is 0 Å². The molecule has 0 aromatic carbocycles. The minimum absolute atomic E-state index is 0.114. The van der Waals surface area contributed by atoms with Gasteiger partial charge in [0, 0.05) is 0 Å². The Labute approximate surface area is 129 Å². The lowest BCUT2D eigenvalue weighted by molar-refractivity contribution is 0.881. The van der Waals surface area contributed by atoms with Gasteiger partial charge < -0.3 is 0 Å². The minimum atomic E-state index is 0.114. The number of hydrogen-bond acceptors (Lipinski definition) is 15. The zero-order chi connectivity index (χ0) is 16.2. The largest absolute Gasteiger partial charge is 0.290 e. The van der Waals surface area contributed by atoms with E-state index in [2.05, 4.69) is 92.8 Å². The van der Waals surface area contributed by atoms with Gasteiger partial charge >= 0.3 is 0 Å². The predicted molar refractivity (Wildman–Crippen MR) is 72.2 cm³/mol. The molecule has 0 radical (unpaired) electrons. The number of rotatable bonds is 6. The van der Waals surface area contributed by atoms with Crippen LogP contribution < -0.4 is 16.0 Å². The molecule has 24 heavy (non-hydrogen) atoms. The molecule has 0 saturated carbocycles. The van der Waals surface area contributed by atoms with Gasteiger partial charge in [0.05, 0.1) is 0 Å². The van der Waals surface area contributed by atoms with E-state index >= 15 is 0 Å². The lowest BCUT2D eigenvalue weighted by atomic mass is 10.7. The lowest BCUT2D eigenvalue weighted by Crippen LogP contribution is -2.08. The van der Waals surface area contributed by atoms with Crippen LogP contribution in [0.15, 0.2) is 0 Å². The third kappa shape index (κ3) is 2.95. The standard InChI is InChI=1S/C6H6N18/c7-1(10-4-13-19-20-14-4)8-3(12-6-17-23-24-18-6)9-2(7)11-5-15-21-22-16-5/h(H6,7,8,9,10,11,12,13,14,15,16,17,18,19,20,21,22,23,24). The second-order valence-electron chi connectivity index (χ2n) is 3.89. The van der Waals surface area contributed by atoms with Crippen molar-refractivity contribution < 1.29 is 0 Å². The number of aromatic amines is 3. The van der Waals surface area contributed by atoms with Crippen molar-refractivity contribution in [1.82, 2.24) is 76.8 Å². The summed E-state index contributed by atoms with van der Waals surface area (Å²) >= 11 is 0. The summed E-state index contributed by atoms with van der Waals surface area (Å²) in [6, 6.07) is 0. The smallest absolute Gasteiger partial charge is 0.269 e. The van der Waals surface area contributed by atoms with Gasteiger partial charge in [-0.25, -0.2) is 0 Å². The highest BCUT2D eigenvalue weighted by Crippen LogP contribution is 2.15. The maximum Gasteiger partial charge on any atom is 0.269 e. The van der Waals surface area contributed by atoms with Gasteiger partial charge in [-0.1, -0.05) is 15.3 Å². The Morgan fingerprint density at radius 2 is 0.792 bits per heavy atom. The summed E-state index contributed by atoms with van der Waals surface area (Å²) in [5, 5.41) is 47.8. The highest BCUT2D eigenvalue weighted by Gasteiger charge is 2.12. The molecule has 0 bridgehead atoms. The molecule has 0 fully saturated rings. The van der Waals surface area contributed by atoms with Gasteiger partial charge in [-0.2, -0.15) is 30.6 Å². The first kappa shape index (κ1) is 13.3. The van der Waals surface area contributed by atoms with E-state index in [1.54, 1.807) is 0 Å². The van der Waals surface area contributed by atoms with E-state index in [4.69, 9.17) is 0 Å². The van der Waals surface area contributed by atoms with Crippen LogP contribution in [-0.2, 0) is 0 Å². The van der Waals surface area contributed by atoms with Crippen LogP contribution in [0.3, 0.4) is 0 Å². The second-order valence-corrected chi connectivity index (χ2v) is 3.89. The summed E-state index contributed by atoms with van der Waals surface area (Å²) < 4.78 is 0. The van der Waals surface area contributed by atoms with Gasteiger partial charge in [0.1, 0.15) is 0 Å². The van der Waals surface area contributed by atoms with Crippen molar-refractivity contribution in [1.29, 1.82) is 0 Å². The van der Waals surface area contributed by atoms with Crippen LogP contribution in [0.5, 0.6) is 0 Å². The number of anilines is 6. The molecule has 0 spiro atoms. The molecule has 0 unspecified atom stereocenters. The molecule has 4 rings (SSSR count). The van der Waals surface area contributed by atoms with Gasteiger partial charge in [0.25, 0.3) is 17.8 Å². The average Bonchev–Trinajstić information content (AvgIpc) is 3.30. The minimum Gasteiger partial charge on any atom is -0.290 e. The van der Waals surface area contributed by atoms with E-state index in [0.717, 1.165) is 0 Å². The van der Waals surface area contributed by atoms with Gasteiger partial charge in [-0.3, -0.25) is 16.0 Å². The molecular weight excluding hydrogens is 324 g/mol. The van der Waals surface area contributed by atoms with Gasteiger partial charge in [0.15, 0.2) is 0 Å². The van der Waals surface area contributed by atoms with Crippen LogP contribution >= 0.6 is 0 Å². The van der Waals surface area contributed by atoms with Crippen molar-refractivity contribution >= 4 is 35.7 Å². The maximum atomic E-state index is 4.12. The topological polar surface area (TPSA) is 238 Å². The molecule has 0 atom stereocenters. The van der Waals surface area contributed by atoms with Gasteiger partial charge in [-0.15, -0.1) is 15.3 Å². The summed E-state index contributed by atoms with van der Waals surface area (Å²) in [6.45, 7) is 0. The molecular formula is C6H6N18. The fraction of sp³-hybridized carbons (Fsp3) is 0. The zero-order valence-electron chi connectivity index (χ0n) is 11.4. The molecule has 18 nitrogen and oxygen atoms in total. The third-order valence-corrected chi connectivity index (χ3v) is 2.34. The molecule has 4 aromatic heterocycles. The monoisotopic (exact) mass is 330 g/mol. The Morgan fingerprint density at radius 1 is 0.458 bits per heavy atom. The molecule has 18 heteroatoms. The van der Waals surface area contributed by atoms with E-state index in [9.17, 15) is 0 Å². The summed E-state index contributed by atoms with van der Waals surface area (Å²) in [6.07, 6.45) is 0. The van der Waals surface area contributed by atoms with Crippen molar-refractivity contribution in [2.45, 2.75) is 0 Å². The predicted octanol–water partition coefficient (Wildman–Crippen LogP) is -2.36. The van der Waals surface area contributed by atoms with Gasteiger partial charge in [-0.05, 0) is 15.6 Å². The Balaban J connectivity index is 1.63. The molecule has 0 aliphatic heterocycles. The molecule has 120 valence electrons. The highest BCUT2D eigenvalue weighted by molar-refractivity contribution is 5.53. The van der Waals surface area contributed by atoms with Crippen molar-refractivity contribution in [3.05, 3.63) is 0 Å². The van der Waals surface area contributed by atoms with Crippen LogP contribution in [0, 0.1) is 0 Å². The second kappa shape index (κ2) is 5.78. The highest BCUT2D eigenvalue weighted by atomic mass is 15.5. The molecule has 0 aliphatic rings. The van der Waals surface area contributed by atoms with Crippen LogP contribution in [-0.4, -0.2) is 76.8 Å². The summed E-state index contributed by atoms with van der Waals surface area (Å²) in [5.74, 6) is 0.835. The van der Waals surface area contributed by atoms with Crippen molar-refractivity contribution in [3.8, 4) is 0 Å². The fourth-order valence-electron chi connectivity index (χ4n) is 1.49. The molecule has 0 aliphatic carbocycles. The fourth-order valence-corrected chi connectivity index (χ4v) is 1.49. The number of hydrogen-bond donors (Lipinski definition) is 6. The zero-order valence-corrected chi connectivity index (χ0v) is 11.4. The first-order valence-electron chi connectivity index (χ1n) is 6.12. The quantitative estimate of drug-likeness (QED) is 0.216. The van der Waals surface area contributed by atoms with Crippen LogP contribution in [0.25, 0.3) is 0 Å². The van der Waals surface area contributed by atoms with Crippen molar-refractivity contribution in [2.75, 3.05) is 16.0 Å². The first-order valence-corrected chi connectivity index (χ1v) is 6.12. The lowest BCUT2D eigenvalue weighted by Gasteiger charge is -2.06. The van der Waals surface area contributed by atoms with Crippen molar-refractivity contribution in [3.63, 3.8) is 0 Å². The molecule has 4 aromatic rings. The Hall–Kier alpha value is -4.38. The van der Waals surface area contributed by atoms with Crippen LogP contribution in [0.1, 0.15) is 0 Å². The number of nitrogens with zero attached hydrogens (tertiary/aromatic N) is 12. The summed E-state index contributed by atoms with van der Waals surface area (Å²) in [4.78, 5) is 12.4. The number of tetrazole rings is 3. The average molecular weight is 330 g/mol. The number of aromatic nitrogens is 15. The SMILES string of the molecule is n1nc(Nc2nc(Nc3nn[nH]n3)nc(Nc3nn[nH]n3)n2)n[nH]1. The van der Waals surface area contributed by atoms with E-state index in [1.807, 2.05) is 0 Å². The normalized spacial score (nSPS) is 10.5. The van der Waals surface area contributed by atoms with Gasteiger partial charge in [0.2, 0.25) is 17.8 Å². The Kier molecular flexibility index (Phi) is 3.20. The number of nitrogens with one attached hydrogen (secondary N) is 6. The molecule has 0 saturated heterocycles. The number of H-pyrrole nitrogens is 3. The van der Waals surface area contributed by atoms with Crippen LogP contribution in [0.4, 0.5) is 35.7 Å². The maximum absolute atomic E-state index is 4.12. The molecule has 0 amide bonds. The molecule has 4 heterocycles. The Bertz CT molecular complexity index is 744. The van der Waals surface area contributed by atoms with Crippen molar-refractivity contribution in [2.24, 2.45) is 0 Å². The van der Waals surface area contributed by atoms with E-state index in [1.165, 1.54) is 0 Å². The van der Waals surface area contributed by atoms with E-state index in [0.29, 0.717) is 0 Å². The summed E-state index contributed by atoms with van der Waals surface area (Å²) in [5.41, 5.74) is 0. The van der Waals surface area contributed by atoms with E-state index < -0.39 is 0 Å². The molecule has 6 N–H and O–H groups in total. The van der Waals surface area contributed by atoms with E-state index in [-0.39, 0.29) is 35.7 Å². The summed E-state index contributed by atoms with van der Waals surface area (Å²) in [7, 11) is 0. The third-order valence-electron chi connectivity index (χ3n) is 2.34. The first-order chi connectivity index (χ1) is 11.8.